The molecule has 9 heteroatoms. The first-order valence-corrected chi connectivity index (χ1v) is 7.13. The second kappa shape index (κ2) is 6.11. The highest BCUT2D eigenvalue weighted by molar-refractivity contribution is 6.04. The van der Waals surface area contributed by atoms with Crippen LogP contribution in [-0.2, 0) is 0 Å². The van der Waals surface area contributed by atoms with E-state index >= 15 is 0 Å². The van der Waals surface area contributed by atoms with Crippen LogP contribution in [0.3, 0.4) is 0 Å². The van der Waals surface area contributed by atoms with Crippen molar-refractivity contribution in [1.82, 2.24) is 24.8 Å². The highest BCUT2D eigenvalue weighted by Crippen LogP contribution is 2.25. The van der Waals surface area contributed by atoms with E-state index in [0.29, 0.717) is 22.9 Å². The summed E-state index contributed by atoms with van der Waals surface area (Å²) in [4.78, 5) is 16.7. The lowest BCUT2D eigenvalue weighted by atomic mass is 10.3. The fourth-order valence-corrected chi connectivity index (χ4v) is 2.26. The number of aryl methyl sites for hydroxylation is 2. The zero-order chi connectivity index (χ0) is 17.3. The Balaban J connectivity index is 1.94. The number of nitrogens with zero attached hydrogens (tertiary/aromatic N) is 5. The van der Waals surface area contributed by atoms with Crippen LogP contribution in [0.15, 0.2) is 18.2 Å². The van der Waals surface area contributed by atoms with Crippen LogP contribution in [0, 0.1) is 13.8 Å². The Bertz CT molecular complexity index is 921. The molecule has 3 aromatic rings. The summed E-state index contributed by atoms with van der Waals surface area (Å²) in [6, 6.07) is 5.05. The molecule has 0 saturated heterocycles. The molecule has 0 spiro atoms. The van der Waals surface area contributed by atoms with Crippen molar-refractivity contribution in [3.63, 3.8) is 0 Å². The van der Waals surface area contributed by atoms with Gasteiger partial charge in [-0.15, -0.1) is 10.2 Å². The lowest BCUT2D eigenvalue weighted by Crippen LogP contribution is -2.19. The van der Waals surface area contributed by atoms with Crippen LogP contribution >= 0.6 is 0 Å². The number of methoxy groups -OCH3 is 2. The molecule has 3 rings (SSSR count). The zero-order valence-corrected chi connectivity index (χ0v) is 13.7. The zero-order valence-electron chi connectivity index (χ0n) is 13.7. The Morgan fingerprint density at radius 3 is 2.67 bits per heavy atom. The van der Waals surface area contributed by atoms with E-state index in [-0.39, 0.29) is 11.6 Å². The van der Waals surface area contributed by atoms with Crippen LogP contribution in [0.1, 0.15) is 21.9 Å². The summed E-state index contributed by atoms with van der Waals surface area (Å²) in [5.74, 6) is 0.193. The number of pyridine rings is 1. The highest BCUT2D eigenvalue weighted by atomic mass is 16.5. The Morgan fingerprint density at radius 1 is 1.17 bits per heavy atom. The van der Waals surface area contributed by atoms with Crippen molar-refractivity contribution < 1.29 is 14.3 Å². The third-order valence-corrected chi connectivity index (χ3v) is 3.43. The van der Waals surface area contributed by atoms with E-state index in [4.69, 9.17) is 9.47 Å². The first-order chi connectivity index (χ1) is 11.5. The van der Waals surface area contributed by atoms with Gasteiger partial charge in [-0.25, -0.2) is 4.52 Å². The van der Waals surface area contributed by atoms with Crippen LogP contribution in [0.4, 0.5) is 5.69 Å². The van der Waals surface area contributed by atoms with Gasteiger partial charge in [-0.3, -0.25) is 4.79 Å². The molecule has 1 N–H and O–H groups in total. The molecule has 0 bridgehead atoms. The lowest BCUT2D eigenvalue weighted by Gasteiger charge is -2.11. The van der Waals surface area contributed by atoms with E-state index in [1.165, 1.54) is 14.2 Å². The number of nitrogens with one attached hydrogen (secondary N) is 1. The maximum atomic E-state index is 12.5. The lowest BCUT2D eigenvalue weighted by molar-refractivity contribution is 0.101. The molecule has 0 fully saturated rings. The van der Waals surface area contributed by atoms with Crippen LogP contribution in [-0.4, -0.2) is 44.9 Å². The molecule has 0 atom stereocenters. The van der Waals surface area contributed by atoms with Gasteiger partial charge in [-0.05, 0) is 19.9 Å². The monoisotopic (exact) mass is 328 g/mol. The number of carbonyl (C=O) groups excluding carboxylic acids is 1. The number of carbonyl (C=O) groups is 1. The average Bonchev–Trinajstić information content (AvgIpc) is 2.96. The van der Waals surface area contributed by atoms with Crippen LogP contribution < -0.4 is 14.8 Å². The summed E-state index contributed by atoms with van der Waals surface area (Å²) in [6.07, 6.45) is 0. The van der Waals surface area contributed by atoms with Gasteiger partial charge in [0, 0.05) is 12.1 Å². The SMILES string of the molecule is COc1ccc(NC(=O)c2nnc3cc(C)nn3c2C)c(OC)n1. The molecule has 0 aromatic carbocycles. The number of anilines is 1. The van der Waals surface area contributed by atoms with Crippen molar-refractivity contribution in [1.29, 1.82) is 0 Å². The molecule has 3 heterocycles. The minimum absolute atomic E-state index is 0.170. The molecule has 3 aromatic heterocycles. The molecule has 9 nitrogen and oxygen atoms in total. The van der Waals surface area contributed by atoms with Gasteiger partial charge < -0.3 is 14.8 Å². The van der Waals surface area contributed by atoms with Gasteiger partial charge in [0.05, 0.1) is 25.6 Å². The summed E-state index contributed by atoms with van der Waals surface area (Å²) < 4.78 is 11.8. The Hall–Kier alpha value is -3.23. The van der Waals surface area contributed by atoms with Gasteiger partial charge in [0.1, 0.15) is 5.69 Å². The molecule has 0 aliphatic rings. The first kappa shape index (κ1) is 15.7. The largest absolute Gasteiger partial charge is 0.481 e. The summed E-state index contributed by atoms with van der Waals surface area (Å²) in [7, 11) is 2.96. The fraction of sp³-hybridized carbons (Fsp3) is 0.267. The molecule has 124 valence electrons. The first-order valence-electron chi connectivity index (χ1n) is 7.13. The van der Waals surface area contributed by atoms with Crippen molar-refractivity contribution in [2.75, 3.05) is 19.5 Å². The minimum Gasteiger partial charge on any atom is -0.481 e. The molecule has 0 radical (unpaired) electrons. The average molecular weight is 328 g/mol. The molecule has 24 heavy (non-hydrogen) atoms. The molecule has 0 unspecified atom stereocenters. The molecule has 1 amide bonds. The van der Waals surface area contributed by atoms with Crippen molar-refractivity contribution in [3.8, 4) is 11.8 Å². The van der Waals surface area contributed by atoms with E-state index in [1.54, 1.807) is 29.6 Å². The summed E-state index contributed by atoms with van der Waals surface area (Å²) in [6.45, 7) is 3.61. The number of amides is 1. The van der Waals surface area contributed by atoms with E-state index in [0.717, 1.165) is 5.69 Å². The Kier molecular flexibility index (Phi) is 3.98. The van der Waals surface area contributed by atoms with E-state index in [9.17, 15) is 4.79 Å². The number of rotatable bonds is 4. The quantitative estimate of drug-likeness (QED) is 0.772. The van der Waals surface area contributed by atoms with Crippen LogP contribution in [0.2, 0.25) is 0 Å². The third-order valence-electron chi connectivity index (χ3n) is 3.43. The molecule has 0 saturated carbocycles. The summed E-state index contributed by atoms with van der Waals surface area (Å²) in [5, 5.41) is 15.0. The second-order valence-corrected chi connectivity index (χ2v) is 5.05. The summed E-state index contributed by atoms with van der Waals surface area (Å²) in [5.41, 5.74) is 2.55. The van der Waals surface area contributed by atoms with Gasteiger partial charge in [0.2, 0.25) is 11.8 Å². The normalized spacial score (nSPS) is 10.7. The fourth-order valence-electron chi connectivity index (χ4n) is 2.26. The number of ether oxygens (including phenoxy) is 2. The van der Waals surface area contributed by atoms with Crippen molar-refractivity contribution >= 4 is 17.2 Å². The minimum atomic E-state index is -0.430. The molecule has 0 aliphatic carbocycles. The summed E-state index contributed by atoms with van der Waals surface area (Å²) >= 11 is 0. The number of hydrogen-bond acceptors (Lipinski definition) is 7. The van der Waals surface area contributed by atoms with Gasteiger partial charge in [0.15, 0.2) is 11.3 Å². The molecular weight excluding hydrogens is 312 g/mol. The van der Waals surface area contributed by atoms with Crippen LogP contribution in [0.5, 0.6) is 11.8 Å². The Morgan fingerprint density at radius 2 is 1.96 bits per heavy atom. The predicted octanol–water partition coefficient (Wildman–Crippen LogP) is 1.41. The standard InChI is InChI=1S/C15H16N6O3/c1-8-7-11-18-19-13(9(2)21(11)20-8)14(22)16-10-5-6-12(23-3)17-15(10)24-4/h5-7H,1-4H3,(H,16,22). The Labute approximate surface area is 137 Å². The smallest absolute Gasteiger partial charge is 0.278 e. The van der Waals surface area contributed by atoms with Crippen molar-refractivity contribution in [2.45, 2.75) is 13.8 Å². The highest BCUT2D eigenvalue weighted by Gasteiger charge is 2.18. The van der Waals surface area contributed by atoms with Crippen LogP contribution in [0.25, 0.3) is 5.65 Å². The van der Waals surface area contributed by atoms with Gasteiger partial charge in [0.25, 0.3) is 5.91 Å². The third kappa shape index (κ3) is 2.71. The van der Waals surface area contributed by atoms with E-state index in [1.807, 2.05) is 6.92 Å². The molecular formula is C15H16N6O3. The number of aromatic nitrogens is 5. The van der Waals surface area contributed by atoms with Gasteiger partial charge in [-0.1, -0.05) is 0 Å². The van der Waals surface area contributed by atoms with E-state index in [2.05, 4.69) is 25.6 Å². The maximum absolute atomic E-state index is 12.5. The molecule has 0 aliphatic heterocycles. The number of hydrogen-bond donors (Lipinski definition) is 1. The van der Waals surface area contributed by atoms with Gasteiger partial charge in [-0.2, -0.15) is 10.1 Å². The van der Waals surface area contributed by atoms with E-state index < -0.39 is 5.91 Å². The van der Waals surface area contributed by atoms with Gasteiger partial charge >= 0.3 is 0 Å². The number of fused-ring (bicyclic) bond motifs is 1. The maximum Gasteiger partial charge on any atom is 0.278 e. The predicted molar refractivity (Wildman–Crippen MR) is 85.6 cm³/mol. The van der Waals surface area contributed by atoms with Crippen molar-refractivity contribution in [3.05, 3.63) is 35.3 Å². The topological polar surface area (TPSA) is 104 Å². The van der Waals surface area contributed by atoms with Crippen molar-refractivity contribution in [2.24, 2.45) is 0 Å². The second-order valence-electron chi connectivity index (χ2n) is 5.05.